The number of aryl methyl sites for hydroxylation is 1. The topological polar surface area (TPSA) is 75.7 Å². The molecule has 0 saturated heterocycles. The van der Waals surface area contributed by atoms with Crippen molar-refractivity contribution >= 4 is 29.1 Å². The number of hydrogen-bond acceptors (Lipinski definition) is 5. The summed E-state index contributed by atoms with van der Waals surface area (Å²) in [6.45, 7) is 4.08. The lowest BCUT2D eigenvalue weighted by Crippen LogP contribution is -2.14. The monoisotopic (exact) mass is 230 g/mol. The molecule has 0 aromatic carbocycles. The molecule has 6 heteroatoms. The Hall–Kier alpha value is -0.620. The summed E-state index contributed by atoms with van der Waals surface area (Å²) in [4.78, 5) is 4.34. The quantitative estimate of drug-likeness (QED) is 0.460. The molecule has 0 aliphatic heterocycles. The zero-order chi connectivity index (χ0) is 10.6. The number of nitrogens with zero attached hydrogens (tertiary/aromatic N) is 2. The fraction of sp³-hybridized carbons (Fsp3) is 0.625. The second-order valence-corrected chi connectivity index (χ2v) is 5.43. The van der Waals surface area contributed by atoms with E-state index in [4.69, 9.17) is 11.1 Å². The standard InChI is InChI=1S/C8H14N4S2/c1-3-7-11-8(14-12-7)13-5(2)4-6(9)10/h5H,3-4H2,1-2H3,(H3,9,10). The minimum absolute atomic E-state index is 0.227. The maximum atomic E-state index is 7.16. The first-order valence-electron chi connectivity index (χ1n) is 4.44. The van der Waals surface area contributed by atoms with Gasteiger partial charge in [-0.25, -0.2) is 4.98 Å². The molecule has 3 N–H and O–H groups in total. The summed E-state index contributed by atoms with van der Waals surface area (Å²) in [5.74, 6) is 1.12. The number of amidine groups is 1. The highest BCUT2D eigenvalue weighted by Gasteiger charge is 2.09. The van der Waals surface area contributed by atoms with E-state index in [0.29, 0.717) is 11.7 Å². The van der Waals surface area contributed by atoms with Crippen molar-refractivity contribution in [1.82, 2.24) is 9.36 Å². The Balaban J connectivity index is 2.47. The third kappa shape index (κ3) is 3.63. The fourth-order valence-electron chi connectivity index (χ4n) is 0.953. The van der Waals surface area contributed by atoms with Crippen LogP contribution in [0.2, 0.25) is 0 Å². The average Bonchev–Trinajstić information content (AvgIpc) is 2.50. The first-order chi connectivity index (χ1) is 6.61. The van der Waals surface area contributed by atoms with Crippen LogP contribution in [0.3, 0.4) is 0 Å². The van der Waals surface area contributed by atoms with Gasteiger partial charge in [-0.3, -0.25) is 5.41 Å². The summed E-state index contributed by atoms with van der Waals surface area (Å²) in [6.07, 6.45) is 1.48. The molecule has 1 rings (SSSR count). The molecule has 0 aliphatic carbocycles. The van der Waals surface area contributed by atoms with Crippen molar-refractivity contribution in [2.24, 2.45) is 5.73 Å². The van der Waals surface area contributed by atoms with Crippen molar-refractivity contribution in [3.63, 3.8) is 0 Å². The highest BCUT2D eigenvalue weighted by Crippen LogP contribution is 2.26. The van der Waals surface area contributed by atoms with Crippen LogP contribution >= 0.6 is 23.3 Å². The Morgan fingerprint density at radius 3 is 2.93 bits per heavy atom. The largest absolute Gasteiger partial charge is 0.388 e. The highest BCUT2D eigenvalue weighted by molar-refractivity contribution is 8.01. The first-order valence-corrected chi connectivity index (χ1v) is 6.09. The second kappa shape index (κ2) is 5.31. The number of thioether (sulfide) groups is 1. The van der Waals surface area contributed by atoms with Gasteiger partial charge < -0.3 is 5.73 Å². The van der Waals surface area contributed by atoms with E-state index in [0.717, 1.165) is 16.6 Å². The summed E-state index contributed by atoms with van der Waals surface area (Å²) in [5.41, 5.74) is 5.32. The lowest BCUT2D eigenvalue weighted by molar-refractivity contribution is 0.960. The lowest BCUT2D eigenvalue weighted by Gasteiger charge is -2.05. The molecule has 1 heterocycles. The molecule has 0 bridgehead atoms. The normalized spacial score (nSPS) is 12.7. The van der Waals surface area contributed by atoms with Gasteiger partial charge >= 0.3 is 0 Å². The van der Waals surface area contributed by atoms with E-state index >= 15 is 0 Å². The molecule has 14 heavy (non-hydrogen) atoms. The molecular weight excluding hydrogens is 216 g/mol. The van der Waals surface area contributed by atoms with Crippen LogP contribution in [-0.4, -0.2) is 20.4 Å². The molecule has 1 unspecified atom stereocenters. The van der Waals surface area contributed by atoms with Gasteiger partial charge in [0.05, 0.1) is 5.84 Å². The molecule has 0 amide bonds. The molecular formula is C8H14N4S2. The fourth-order valence-corrected chi connectivity index (χ4v) is 2.99. The maximum absolute atomic E-state index is 7.16. The van der Waals surface area contributed by atoms with Crippen LogP contribution in [0.4, 0.5) is 0 Å². The third-order valence-electron chi connectivity index (χ3n) is 1.58. The Labute approximate surface area is 92.0 Å². The molecule has 1 aromatic heterocycles. The summed E-state index contributed by atoms with van der Waals surface area (Å²) in [6, 6.07) is 0. The van der Waals surface area contributed by atoms with E-state index < -0.39 is 0 Å². The van der Waals surface area contributed by atoms with E-state index in [1.54, 1.807) is 11.8 Å². The van der Waals surface area contributed by atoms with E-state index in [1.807, 2.05) is 13.8 Å². The van der Waals surface area contributed by atoms with Gasteiger partial charge in [-0.05, 0) is 11.5 Å². The summed E-state index contributed by atoms with van der Waals surface area (Å²) >= 11 is 3.05. The summed E-state index contributed by atoms with van der Waals surface area (Å²) < 4.78 is 5.16. The number of nitrogens with two attached hydrogens (primary N) is 1. The van der Waals surface area contributed by atoms with Crippen molar-refractivity contribution in [3.8, 4) is 0 Å². The van der Waals surface area contributed by atoms with Crippen LogP contribution in [0.15, 0.2) is 4.34 Å². The Morgan fingerprint density at radius 2 is 2.43 bits per heavy atom. The van der Waals surface area contributed by atoms with Crippen LogP contribution < -0.4 is 5.73 Å². The van der Waals surface area contributed by atoms with Crippen LogP contribution in [0.1, 0.15) is 26.1 Å². The Bertz CT molecular complexity index is 310. The van der Waals surface area contributed by atoms with Gasteiger partial charge in [0.1, 0.15) is 5.82 Å². The molecule has 0 spiro atoms. The van der Waals surface area contributed by atoms with Gasteiger partial charge in [-0.1, -0.05) is 25.6 Å². The molecule has 0 fully saturated rings. The lowest BCUT2D eigenvalue weighted by atomic mass is 10.3. The Kier molecular flexibility index (Phi) is 4.34. The molecule has 78 valence electrons. The molecule has 0 radical (unpaired) electrons. The van der Waals surface area contributed by atoms with Crippen molar-refractivity contribution in [2.75, 3.05) is 0 Å². The Morgan fingerprint density at radius 1 is 1.71 bits per heavy atom. The SMILES string of the molecule is CCc1nsc(SC(C)CC(=N)N)n1. The van der Waals surface area contributed by atoms with Crippen molar-refractivity contribution in [1.29, 1.82) is 5.41 Å². The number of aromatic nitrogens is 2. The summed E-state index contributed by atoms with van der Waals surface area (Å²) in [7, 11) is 0. The zero-order valence-corrected chi connectivity index (χ0v) is 9.91. The van der Waals surface area contributed by atoms with E-state index in [9.17, 15) is 0 Å². The van der Waals surface area contributed by atoms with Crippen LogP contribution in [-0.2, 0) is 6.42 Å². The predicted molar refractivity (Wildman–Crippen MR) is 61.1 cm³/mol. The second-order valence-electron chi connectivity index (χ2n) is 2.99. The van der Waals surface area contributed by atoms with Gasteiger partial charge in [0.2, 0.25) is 0 Å². The minimum atomic E-state index is 0.227. The van der Waals surface area contributed by atoms with Gasteiger partial charge in [-0.15, -0.1) is 0 Å². The van der Waals surface area contributed by atoms with Crippen LogP contribution in [0.25, 0.3) is 0 Å². The number of hydrogen-bond donors (Lipinski definition) is 2. The molecule has 1 atom stereocenters. The highest BCUT2D eigenvalue weighted by atomic mass is 32.2. The number of nitrogens with one attached hydrogen (secondary N) is 1. The van der Waals surface area contributed by atoms with Gasteiger partial charge in [0.25, 0.3) is 0 Å². The van der Waals surface area contributed by atoms with Crippen LogP contribution in [0, 0.1) is 5.41 Å². The van der Waals surface area contributed by atoms with Crippen LogP contribution in [0.5, 0.6) is 0 Å². The van der Waals surface area contributed by atoms with Gasteiger partial charge in [0, 0.05) is 18.1 Å². The van der Waals surface area contributed by atoms with E-state index in [1.165, 1.54) is 11.5 Å². The molecule has 0 aliphatic rings. The van der Waals surface area contributed by atoms with Gasteiger partial charge in [0.15, 0.2) is 4.34 Å². The smallest absolute Gasteiger partial charge is 0.170 e. The van der Waals surface area contributed by atoms with E-state index in [-0.39, 0.29) is 5.84 Å². The van der Waals surface area contributed by atoms with Crippen molar-refractivity contribution < 1.29 is 0 Å². The van der Waals surface area contributed by atoms with Crippen molar-refractivity contribution in [3.05, 3.63) is 5.82 Å². The maximum Gasteiger partial charge on any atom is 0.170 e. The minimum Gasteiger partial charge on any atom is -0.388 e. The third-order valence-corrected chi connectivity index (χ3v) is 3.50. The van der Waals surface area contributed by atoms with Gasteiger partial charge in [-0.2, -0.15) is 4.37 Å². The number of rotatable bonds is 5. The molecule has 4 nitrogen and oxygen atoms in total. The first kappa shape index (κ1) is 11.5. The molecule has 0 saturated carbocycles. The zero-order valence-electron chi connectivity index (χ0n) is 8.28. The molecule has 1 aromatic rings. The predicted octanol–water partition coefficient (Wildman–Crippen LogP) is 1.91. The summed E-state index contributed by atoms with van der Waals surface area (Å²) in [5, 5.41) is 7.46. The van der Waals surface area contributed by atoms with E-state index in [2.05, 4.69) is 9.36 Å². The van der Waals surface area contributed by atoms with Crippen molar-refractivity contribution in [2.45, 2.75) is 36.3 Å². The average molecular weight is 230 g/mol.